The zero-order chi connectivity index (χ0) is 13.0. The Morgan fingerprint density at radius 3 is 2.89 bits per heavy atom. The van der Waals surface area contributed by atoms with Gasteiger partial charge in [-0.2, -0.15) is 0 Å². The van der Waals surface area contributed by atoms with Crippen LogP contribution in [0.1, 0.15) is 17.2 Å². The maximum atomic E-state index is 9.99. The van der Waals surface area contributed by atoms with Crippen molar-refractivity contribution in [1.29, 1.82) is 0 Å². The van der Waals surface area contributed by atoms with Gasteiger partial charge >= 0.3 is 0 Å². The molecule has 0 aliphatic heterocycles. The number of benzene rings is 1. The first-order valence-electron chi connectivity index (χ1n) is 5.75. The van der Waals surface area contributed by atoms with Gasteiger partial charge in [-0.3, -0.25) is 4.98 Å². The van der Waals surface area contributed by atoms with Crippen LogP contribution < -0.4 is 5.32 Å². The van der Waals surface area contributed by atoms with E-state index < -0.39 is 6.10 Å². The first-order valence-corrected chi connectivity index (χ1v) is 6.54. The molecule has 1 heterocycles. The number of aryl methyl sites for hydroxylation is 1. The number of pyridine rings is 1. The number of nitrogens with one attached hydrogen (secondary N) is 1. The van der Waals surface area contributed by atoms with Gasteiger partial charge < -0.3 is 10.4 Å². The van der Waals surface area contributed by atoms with Crippen LogP contribution in [0, 0.1) is 6.92 Å². The van der Waals surface area contributed by atoms with Gasteiger partial charge in [0, 0.05) is 34.7 Å². The van der Waals surface area contributed by atoms with Crippen LogP contribution in [0.5, 0.6) is 0 Å². The van der Waals surface area contributed by atoms with E-state index in [1.807, 2.05) is 37.3 Å². The highest BCUT2D eigenvalue weighted by Gasteiger charge is 2.07. The number of rotatable bonds is 4. The van der Waals surface area contributed by atoms with Crippen molar-refractivity contribution in [3.63, 3.8) is 0 Å². The van der Waals surface area contributed by atoms with Crippen LogP contribution in [0.3, 0.4) is 0 Å². The largest absolute Gasteiger partial charge is 0.387 e. The van der Waals surface area contributed by atoms with Gasteiger partial charge in [-0.1, -0.05) is 22.0 Å². The van der Waals surface area contributed by atoms with Crippen LogP contribution in [-0.2, 0) is 0 Å². The second kappa shape index (κ2) is 5.98. The molecule has 0 spiro atoms. The van der Waals surface area contributed by atoms with Crippen LogP contribution in [0.25, 0.3) is 0 Å². The lowest BCUT2D eigenvalue weighted by Crippen LogP contribution is -2.12. The van der Waals surface area contributed by atoms with Crippen molar-refractivity contribution in [2.45, 2.75) is 13.0 Å². The molecule has 1 aromatic carbocycles. The molecule has 3 nitrogen and oxygen atoms in total. The lowest BCUT2D eigenvalue weighted by molar-refractivity contribution is 0.191. The SMILES string of the molecule is Cc1cc(NCC(O)c2cccnc2)ccc1Br. The van der Waals surface area contributed by atoms with Crippen molar-refractivity contribution in [3.05, 3.63) is 58.3 Å². The molecule has 94 valence electrons. The number of anilines is 1. The minimum Gasteiger partial charge on any atom is -0.387 e. The Balaban J connectivity index is 1.97. The smallest absolute Gasteiger partial charge is 0.0977 e. The van der Waals surface area contributed by atoms with Gasteiger partial charge in [-0.05, 0) is 36.8 Å². The molecular formula is C14H15BrN2O. The highest BCUT2D eigenvalue weighted by Crippen LogP contribution is 2.20. The predicted molar refractivity (Wildman–Crippen MR) is 76.6 cm³/mol. The standard InChI is InChI=1S/C14H15BrN2O/c1-10-7-12(4-5-13(10)15)17-9-14(18)11-3-2-6-16-8-11/h2-8,14,17-18H,9H2,1H3. The minimum absolute atomic E-state index is 0.465. The number of aliphatic hydroxyl groups is 1. The first-order chi connectivity index (χ1) is 8.66. The summed E-state index contributed by atoms with van der Waals surface area (Å²) in [5.74, 6) is 0. The number of hydrogen-bond donors (Lipinski definition) is 2. The van der Waals surface area contributed by atoms with Crippen LogP contribution in [-0.4, -0.2) is 16.6 Å². The van der Waals surface area contributed by atoms with Crippen LogP contribution in [0.4, 0.5) is 5.69 Å². The van der Waals surface area contributed by atoms with Gasteiger partial charge in [0.2, 0.25) is 0 Å². The maximum Gasteiger partial charge on any atom is 0.0977 e. The quantitative estimate of drug-likeness (QED) is 0.911. The van der Waals surface area contributed by atoms with Gasteiger partial charge in [0.15, 0.2) is 0 Å². The molecule has 0 amide bonds. The number of aromatic nitrogens is 1. The zero-order valence-electron chi connectivity index (χ0n) is 10.1. The summed E-state index contributed by atoms with van der Waals surface area (Å²) in [6.07, 6.45) is 2.82. The molecule has 0 aliphatic rings. The van der Waals surface area contributed by atoms with Crippen molar-refractivity contribution < 1.29 is 5.11 Å². The van der Waals surface area contributed by atoms with E-state index in [-0.39, 0.29) is 0 Å². The lowest BCUT2D eigenvalue weighted by Gasteiger charge is -2.13. The normalized spacial score (nSPS) is 12.2. The fourth-order valence-electron chi connectivity index (χ4n) is 1.66. The summed E-state index contributed by atoms with van der Waals surface area (Å²) in [7, 11) is 0. The van der Waals surface area contributed by atoms with Gasteiger partial charge in [0.1, 0.15) is 0 Å². The Bertz CT molecular complexity index is 516. The van der Waals surface area contributed by atoms with E-state index in [0.29, 0.717) is 6.54 Å². The van der Waals surface area contributed by atoms with Crippen molar-refractivity contribution in [1.82, 2.24) is 4.98 Å². The van der Waals surface area contributed by atoms with Crippen LogP contribution in [0.15, 0.2) is 47.2 Å². The molecule has 1 atom stereocenters. The molecule has 18 heavy (non-hydrogen) atoms. The average molecular weight is 307 g/mol. The molecule has 0 fully saturated rings. The molecule has 1 unspecified atom stereocenters. The third-order valence-corrected chi connectivity index (χ3v) is 3.62. The number of aliphatic hydroxyl groups excluding tert-OH is 1. The molecule has 2 aromatic rings. The first kappa shape index (κ1) is 13.1. The van der Waals surface area contributed by atoms with E-state index in [9.17, 15) is 5.11 Å². The van der Waals surface area contributed by atoms with E-state index >= 15 is 0 Å². The van der Waals surface area contributed by atoms with Crippen LogP contribution in [0.2, 0.25) is 0 Å². The van der Waals surface area contributed by atoms with Gasteiger partial charge in [-0.15, -0.1) is 0 Å². The lowest BCUT2D eigenvalue weighted by atomic mass is 10.1. The summed E-state index contributed by atoms with van der Waals surface area (Å²) in [5.41, 5.74) is 2.98. The second-order valence-electron chi connectivity index (χ2n) is 4.15. The fraction of sp³-hybridized carbons (Fsp3) is 0.214. The van der Waals surface area contributed by atoms with Crippen molar-refractivity contribution in [2.75, 3.05) is 11.9 Å². The Kier molecular flexibility index (Phi) is 4.33. The van der Waals surface area contributed by atoms with Gasteiger partial charge in [0.05, 0.1) is 6.10 Å². The summed E-state index contributed by atoms with van der Waals surface area (Å²) >= 11 is 3.46. The fourth-order valence-corrected chi connectivity index (χ4v) is 1.91. The molecule has 1 aromatic heterocycles. The molecule has 0 aliphatic carbocycles. The average Bonchev–Trinajstić information content (AvgIpc) is 2.41. The van der Waals surface area contributed by atoms with E-state index in [1.165, 1.54) is 0 Å². The highest BCUT2D eigenvalue weighted by atomic mass is 79.9. The molecular weight excluding hydrogens is 292 g/mol. The minimum atomic E-state index is -0.553. The van der Waals surface area contributed by atoms with Crippen LogP contribution >= 0.6 is 15.9 Å². The summed E-state index contributed by atoms with van der Waals surface area (Å²) < 4.78 is 1.08. The van der Waals surface area contributed by atoms with E-state index in [1.54, 1.807) is 12.4 Å². The molecule has 0 saturated heterocycles. The second-order valence-corrected chi connectivity index (χ2v) is 5.00. The summed E-state index contributed by atoms with van der Waals surface area (Å²) in [6, 6.07) is 9.70. The van der Waals surface area contributed by atoms with E-state index in [0.717, 1.165) is 21.3 Å². The summed E-state index contributed by atoms with van der Waals surface area (Å²) in [6.45, 7) is 2.50. The summed E-state index contributed by atoms with van der Waals surface area (Å²) in [5, 5.41) is 13.2. The molecule has 2 N–H and O–H groups in total. The predicted octanol–water partition coefficient (Wildman–Crippen LogP) is 3.30. The maximum absolute atomic E-state index is 9.99. The third kappa shape index (κ3) is 3.31. The molecule has 2 rings (SSSR count). The third-order valence-electron chi connectivity index (χ3n) is 2.73. The Hall–Kier alpha value is -1.39. The van der Waals surface area contributed by atoms with Crippen molar-refractivity contribution in [2.24, 2.45) is 0 Å². The monoisotopic (exact) mass is 306 g/mol. The van der Waals surface area contributed by atoms with Crippen molar-refractivity contribution in [3.8, 4) is 0 Å². The Labute approximate surface area is 115 Å². The topological polar surface area (TPSA) is 45.1 Å². The number of nitrogens with zero attached hydrogens (tertiary/aromatic N) is 1. The Morgan fingerprint density at radius 2 is 2.22 bits per heavy atom. The van der Waals surface area contributed by atoms with Gasteiger partial charge in [0.25, 0.3) is 0 Å². The molecule has 0 radical (unpaired) electrons. The Morgan fingerprint density at radius 1 is 1.39 bits per heavy atom. The molecule has 0 saturated carbocycles. The molecule has 4 heteroatoms. The summed E-state index contributed by atoms with van der Waals surface area (Å²) in [4.78, 5) is 3.99. The number of halogens is 1. The zero-order valence-corrected chi connectivity index (χ0v) is 11.7. The highest BCUT2D eigenvalue weighted by molar-refractivity contribution is 9.10. The van der Waals surface area contributed by atoms with Crippen molar-refractivity contribution >= 4 is 21.6 Å². The van der Waals surface area contributed by atoms with E-state index in [4.69, 9.17) is 0 Å². The number of hydrogen-bond acceptors (Lipinski definition) is 3. The van der Waals surface area contributed by atoms with E-state index in [2.05, 4.69) is 26.2 Å². The molecule has 0 bridgehead atoms. The van der Waals surface area contributed by atoms with Gasteiger partial charge in [-0.25, -0.2) is 0 Å².